The summed E-state index contributed by atoms with van der Waals surface area (Å²) in [4.78, 5) is 26.2. The molecule has 112 valence electrons. The Labute approximate surface area is 132 Å². The number of hydrogen-bond donors (Lipinski definition) is 0. The first-order valence-corrected chi connectivity index (χ1v) is 7.72. The molecule has 5 heteroatoms. The highest BCUT2D eigenvalue weighted by molar-refractivity contribution is 8.18. The lowest BCUT2D eigenvalue weighted by atomic mass is 10.2. The average molecular weight is 313 g/mol. The number of rotatable bonds is 3. The topological polar surface area (TPSA) is 50.5 Å². The van der Waals surface area contributed by atoms with Crippen molar-refractivity contribution in [3.8, 4) is 0 Å². The van der Waals surface area contributed by atoms with Crippen molar-refractivity contribution in [1.29, 1.82) is 0 Å². The molecular weight excluding hydrogens is 298 g/mol. The number of carbonyl (C=O) groups excluding carboxylic acids is 2. The van der Waals surface area contributed by atoms with E-state index in [1.54, 1.807) is 6.08 Å². The highest BCUT2D eigenvalue weighted by atomic mass is 32.2. The number of benzene rings is 1. The molecule has 2 heterocycles. The average Bonchev–Trinajstić information content (AvgIpc) is 2.94. The molecular formula is C17H15NO3S. The van der Waals surface area contributed by atoms with Crippen LogP contribution >= 0.6 is 11.8 Å². The number of nitrogens with zero attached hydrogens (tertiary/aromatic N) is 1. The van der Waals surface area contributed by atoms with Crippen LogP contribution in [-0.4, -0.2) is 16.0 Å². The number of hydrogen-bond acceptors (Lipinski definition) is 4. The maximum absolute atomic E-state index is 12.4. The number of carbonyl (C=O) groups is 2. The van der Waals surface area contributed by atoms with Crippen LogP contribution in [-0.2, 0) is 11.3 Å². The molecule has 0 N–H and O–H groups in total. The summed E-state index contributed by atoms with van der Waals surface area (Å²) in [5, 5.41) is -0.238. The molecule has 0 bridgehead atoms. The van der Waals surface area contributed by atoms with Crippen LogP contribution in [0.2, 0.25) is 0 Å². The Hall–Kier alpha value is -2.27. The lowest BCUT2D eigenvalue weighted by Gasteiger charge is -2.11. The number of furan rings is 1. The predicted molar refractivity (Wildman–Crippen MR) is 86.1 cm³/mol. The van der Waals surface area contributed by atoms with Gasteiger partial charge in [0.15, 0.2) is 0 Å². The molecule has 2 aromatic rings. The minimum atomic E-state index is -0.253. The first-order valence-electron chi connectivity index (χ1n) is 6.91. The number of imide groups is 1. The maximum Gasteiger partial charge on any atom is 0.293 e. The number of thioether (sulfide) groups is 1. The monoisotopic (exact) mass is 313 g/mol. The summed E-state index contributed by atoms with van der Waals surface area (Å²) in [6, 6.07) is 11.3. The van der Waals surface area contributed by atoms with Gasteiger partial charge in [-0.3, -0.25) is 14.5 Å². The smallest absolute Gasteiger partial charge is 0.293 e. The van der Waals surface area contributed by atoms with Crippen LogP contribution in [0.25, 0.3) is 6.08 Å². The summed E-state index contributed by atoms with van der Waals surface area (Å²) >= 11 is 0.971. The second-order valence-corrected chi connectivity index (χ2v) is 6.12. The van der Waals surface area contributed by atoms with E-state index in [9.17, 15) is 9.59 Å². The van der Waals surface area contributed by atoms with Gasteiger partial charge in [0.05, 0.1) is 11.4 Å². The molecule has 2 amide bonds. The van der Waals surface area contributed by atoms with Crippen molar-refractivity contribution in [3.05, 3.63) is 64.0 Å². The fourth-order valence-electron chi connectivity index (χ4n) is 2.34. The fourth-order valence-corrected chi connectivity index (χ4v) is 3.17. The Morgan fingerprint density at radius 1 is 1.18 bits per heavy atom. The van der Waals surface area contributed by atoms with Crippen LogP contribution < -0.4 is 0 Å². The van der Waals surface area contributed by atoms with E-state index in [0.717, 1.165) is 34.4 Å². The van der Waals surface area contributed by atoms with E-state index in [4.69, 9.17) is 4.42 Å². The summed E-state index contributed by atoms with van der Waals surface area (Å²) < 4.78 is 5.45. The van der Waals surface area contributed by atoms with Crippen molar-refractivity contribution in [1.82, 2.24) is 4.90 Å². The number of amides is 2. The van der Waals surface area contributed by atoms with Crippen molar-refractivity contribution in [2.45, 2.75) is 20.4 Å². The van der Waals surface area contributed by atoms with Crippen molar-refractivity contribution >= 4 is 29.0 Å². The molecule has 22 heavy (non-hydrogen) atoms. The molecule has 0 spiro atoms. The quantitative estimate of drug-likeness (QED) is 0.799. The van der Waals surface area contributed by atoms with E-state index in [0.29, 0.717) is 11.4 Å². The molecule has 1 aliphatic rings. The summed E-state index contributed by atoms with van der Waals surface area (Å²) in [6.45, 7) is 3.99. The Balaban J connectivity index is 1.84. The Kier molecular flexibility index (Phi) is 3.90. The fraction of sp³-hybridized carbons (Fsp3) is 0.176. The van der Waals surface area contributed by atoms with Gasteiger partial charge in [-0.25, -0.2) is 0 Å². The van der Waals surface area contributed by atoms with Gasteiger partial charge in [-0.1, -0.05) is 30.3 Å². The Bertz CT molecular complexity index is 761. The van der Waals surface area contributed by atoms with Crippen LogP contribution in [0.15, 0.2) is 45.7 Å². The largest absolute Gasteiger partial charge is 0.466 e. The third-order valence-electron chi connectivity index (χ3n) is 3.42. The SMILES string of the molecule is Cc1cc(/C=C2\SC(=O)N(Cc3ccccc3)C2=O)c(C)o1. The molecule has 4 nitrogen and oxygen atoms in total. The highest BCUT2D eigenvalue weighted by Crippen LogP contribution is 2.34. The van der Waals surface area contributed by atoms with Crippen LogP contribution in [0.4, 0.5) is 4.79 Å². The van der Waals surface area contributed by atoms with Crippen LogP contribution in [0.5, 0.6) is 0 Å². The Morgan fingerprint density at radius 3 is 2.55 bits per heavy atom. The molecule has 1 saturated heterocycles. The molecule has 1 aromatic carbocycles. The highest BCUT2D eigenvalue weighted by Gasteiger charge is 2.35. The van der Waals surface area contributed by atoms with Gasteiger partial charge in [-0.2, -0.15) is 0 Å². The van der Waals surface area contributed by atoms with Gasteiger partial charge in [0.2, 0.25) is 0 Å². The van der Waals surface area contributed by atoms with Crippen molar-refractivity contribution < 1.29 is 14.0 Å². The molecule has 1 aliphatic heterocycles. The van der Waals surface area contributed by atoms with E-state index in [2.05, 4.69) is 0 Å². The van der Waals surface area contributed by atoms with E-state index in [1.807, 2.05) is 50.2 Å². The molecule has 1 fully saturated rings. The minimum Gasteiger partial charge on any atom is -0.466 e. The van der Waals surface area contributed by atoms with Crippen LogP contribution in [0, 0.1) is 13.8 Å². The lowest BCUT2D eigenvalue weighted by Crippen LogP contribution is -2.27. The standard InChI is InChI=1S/C17H15NO3S/c1-11-8-14(12(2)21-11)9-15-16(19)18(17(20)22-15)10-13-6-4-3-5-7-13/h3-9H,10H2,1-2H3/b15-9-. The molecule has 1 aromatic heterocycles. The van der Waals surface area contributed by atoms with Crippen LogP contribution in [0.3, 0.4) is 0 Å². The zero-order chi connectivity index (χ0) is 15.7. The Morgan fingerprint density at radius 2 is 1.91 bits per heavy atom. The predicted octanol–water partition coefficient (Wildman–Crippen LogP) is 4.13. The summed E-state index contributed by atoms with van der Waals surface area (Å²) in [5.41, 5.74) is 1.77. The molecule has 0 saturated carbocycles. The van der Waals surface area contributed by atoms with E-state index < -0.39 is 0 Å². The van der Waals surface area contributed by atoms with Gasteiger partial charge in [0.1, 0.15) is 11.5 Å². The zero-order valence-electron chi connectivity index (χ0n) is 12.3. The molecule has 0 atom stereocenters. The molecule has 3 rings (SSSR count). The first-order chi connectivity index (χ1) is 10.5. The van der Waals surface area contributed by atoms with Gasteiger partial charge in [-0.05, 0) is 43.3 Å². The van der Waals surface area contributed by atoms with Gasteiger partial charge >= 0.3 is 0 Å². The van der Waals surface area contributed by atoms with E-state index >= 15 is 0 Å². The summed E-state index contributed by atoms with van der Waals surface area (Å²) in [7, 11) is 0. The number of aryl methyl sites for hydroxylation is 2. The maximum atomic E-state index is 12.4. The third kappa shape index (κ3) is 2.85. The zero-order valence-corrected chi connectivity index (χ0v) is 13.1. The van der Waals surface area contributed by atoms with E-state index in [-0.39, 0.29) is 11.1 Å². The second-order valence-electron chi connectivity index (χ2n) is 5.12. The third-order valence-corrected chi connectivity index (χ3v) is 4.33. The first kappa shape index (κ1) is 14.7. The van der Waals surface area contributed by atoms with Gasteiger partial charge in [0, 0.05) is 5.56 Å². The van der Waals surface area contributed by atoms with E-state index in [1.165, 1.54) is 4.90 Å². The van der Waals surface area contributed by atoms with Crippen molar-refractivity contribution in [3.63, 3.8) is 0 Å². The molecule has 0 unspecified atom stereocenters. The van der Waals surface area contributed by atoms with Crippen molar-refractivity contribution in [2.24, 2.45) is 0 Å². The summed E-state index contributed by atoms with van der Waals surface area (Å²) in [5.74, 6) is 1.27. The van der Waals surface area contributed by atoms with Crippen LogP contribution in [0.1, 0.15) is 22.6 Å². The van der Waals surface area contributed by atoms with Gasteiger partial charge in [-0.15, -0.1) is 0 Å². The van der Waals surface area contributed by atoms with Gasteiger partial charge in [0.25, 0.3) is 11.1 Å². The summed E-state index contributed by atoms with van der Waals surface area (Å²) in [6.07, 6.45) is 1.72. The minimum absolute atomic E-state index is 0.238. The van der Waals surface area contributed by atoms with Crippen molar-refractivity contribution in [2.75, 3.05) is 0 Å². The second kappa shape index (κ2) is 5.85. The van der Waals surface area contributed by atoms with Gasteiger partial charge < -0.3 is 4.42 Å². The normalized spacial score (nSPS) is 16.8. The molecule has 0 aliphatic carbocycles. The molecule has 0 radical (unpaired) electrons. The lowest BCUT2D eigenvalue weighted by molar-refractivity contribution is -0.123.